The number of pyridine rings is 1. The van der Waals surface area contributed by atoms with Crippen LogP contribution in [-0.4, -0.2) is 22.3 Å². The second kappa shape index (κ2) is 6.87. The molecule has 0 saturated carbocycles. The predicted octanol–water partition coefficient (Wildman–Crippen LogP) is 3.82. The number of halogens is 2. The fraction of sp³-hybridized carbons (Fsp3) is 0.125. The smallest absolute Gasteiger partial charge is 0.178 e. The zero-order valence-electron chi connectivity index (χ0n) is 12.5. The Balaban J connectivity index is 1.91. The zero-order valence-corrected chi connectivity index (χ0v) is 14.1. The molecule has 3 aromatic rings. The quantitative estimate of drug-likeness (QED) is 0.761. The van der Waals surface area contributed by atoms with Gasteiger partial charge in [0.05, 0.1) is 17.7 Å². The van der Waals surface area contributed by atoms with Crippen molar-refractivity contribution in [2.24, 2.45) is 0 Å². The fourth-order valence-electron chi connectivity index (χ4n) is 2.20. The van der Waals surface area contributed by atoms with Crippen LogP contribution in [0.5, 0.6) is 5.75 Å². The third-order valence-electron chi connectivity index (χ3n) is 3.38. The van der Waals surface area contributed by atoms with Gasteiger partial charge in [-0.15, -0.1) is 10.2 Å². The van der Waals surface area contributed by atoms with Crippen molar-refractivity contribution in [3.8, 4) is 11.8 Å². The third kappa shape index (κ3) is 3.18. The van der Waals surface area contributed by atoms with E-state index >= 15 is 0 Å². The van der Waals surface area contributed by atoms with Gasteiger partial charge < -0.3 is 10.1 Å². The van der Waals surface area contributed by atoms with Gasteiger partial charge in [-0.05, 0) is 23.8 Å². The van der Waals surface area contributed by atoms with E-state index in [1.54, 1.807) is 25.3 Å². The van der Waals surface area contributed by atoms with E-state index in [0.29, 0.717) is 39.6 Å². The van der Waals surface area contributed by atoms with E-state index in [4.69, 9.17) is 33.2 Å². The van der Waals surface area contributed by atoms with Crippen LogP contribution in [0.1, 0.15) is 11.1 Å². The third-order valence-corrected chi connectivity index (χ3v) is 3.93. The molecule has 0 aliphatic rings. The molecular weight excluding hydrogens is 349 g/mol. The van der Waals surface area contributed by atoms with Gasteiger partial charge >= 0.3 is 0 Å². The Hall–Kier alpha value is -2.62. The summed E-state index contributed by atoms with van der Waals surface area (Å²) in [4.78, 5) is 4.17. The summed E-state index contributed by atoms with van der Waals surface area (Å²) < 4.78 is 5.13. The number of methoxy groups -OCH3 is 1. The van der Waals surface area contributed by atoms with Crippen LogP contribution >= 0.6 is 23.2 Å². The van der Waals surface area contributed by atoms with Crippen molar-refractivity contribution in [1.29, 1.82) is 5.26 Å². The SMILES string of the molecule is COc1ccc(CNc2nnc(Cl)c3ncc(C#N)cc23)cc1Cl. The maximum absolute atomic E-state index is 9.04. The standard InChI is InChI=1S/C16H11Cl2N5O/c1-24-13-3-2-9(5-12(13)17)7-21-16-11-4-10(6-19)8-20-14(11)15(18)22-23-16/h2-5,8H,7H2,1H3,(H,21,23). The molecule has 1 N–H and O–H groups in total. The molecule has 0 spiro atoms. The Morgan fingerprint density at radius 2 is 2.08 bits per heavy atom. The van der Waals surface area contributed by atoms with Gasteiger partial charge in [0.2, 0.25) is 0 Å². The van der Waals surface area contributed by atoms with Gasteiger partial charge in [0, 0.05) is 18.1 Å². The average molecular weight is 360 g/mol. The first kappa shape index (κ1) is 16.2. The molecule has 0 aliphatic heterocycles. The number of nitriles is 1. The molecule has 1 aromatic carbocycles. The molecule has 0 unspecified atom stereocenters. The second-order valence-corrected chi connectivity index (χ2v) is 5.66. The molecular formula is C16H11Cl2N5O. The van der Waals surface area contributed by atoms with Crippen LogP contribution in [0.25, 0.3) is 10.9 Å². The highest BCUT2D eigenvalue weighted by Crippen LogP contribution is 2.27. The second-order valence-electron chi connectivity index (χ2n) is 4.89. The summed E-state index contributed by atoms with van der Waals surface area (Å²) in [6.07, 6.45) is 1.45. The summed E-state index contributed by atoms with van der Waals surface area (Å²) in [5.74, 6) is 1.10. The lowest BCUT2D eigenvalue weighted by Crippen LogP contribution is -2.04. The zero-order chi connectivity index (χ0) is 17.1. The lowest BCUT2D eigenvalue weighted by atomic mass is 10.2. The fourth-order valence-corrected chi connectivity index (χ4v) is 2.67. The predicted molar refractivity (Wildman–Crippen MR) is 92.4 cm³/mol. The molecule has 3 rings (SSSR count). The number of hydrogen-bond donors (Lipinski definition) is 1. The molecule has 2 aromatic heterocycles. The Morgan fingerprint density at radius 1 is 1.25 bits per heavy atom. The van der Waals surface area contributed by atoms with Crippen LogP contribution in [0.3, 0.4) is 0 Å². The molecule has 24 heavy (non-hydrogen) atoms. The molecule has 8 heteroatoms. The Bertz CT molecular complexity index is 955. The van der Waals surface area contributed by atoms with Gasteiger partial charge in [0.15, 0.2) is 11.0 Å². The molecule has 2 heterocycles. The Kier molecular flexibility index (Phi) is 4.65. The van der Waals surface area contributed by atoms with Crippen molar-refractivity contribution in [3.63, 3.8) is 0 Å². The lowest BCUT2D eigenvalue weighted by molar-refractivity contribution is 0.415. The first-order valence-corrected chi connectivity index (χ1v) is 7.66. The minimum Gasteiger partial charge on any atom is -0.495 e. The number of anilines is 1. The number of nitrogens with zero attached hydrogens (tertiary/aromatic N) is 4. The Morgan fingerprint density at radius 3 is 2.79 bits per heavy atom. The van der Waals surface area contributed by atoms with Crippen molar-refractivity contribution in [2.45, 2.75) is 6.54 Å². The summed E-state index contributed by atoms with van der Waals surface area (Å²) >= 11 is 12.1. The van der Waals surface area contributed by atoms with Gasteiger partial charge in [-0.2, -0.15) is 5.26 Å². The highest BCUT2D eigenvalue weighted by molar-refractivity contribution is 6.34. The van der Waals surface area contributed by atoms with Crippen molar-refractivity contribution in [3.05, 3.63) is 51.8 Å². The molecule has 0 fully saturated rings. The molecule has 120 valence electrons. The van der Waals surface area contributed by atoms with E-state index < -0.39 is 0 Å². The maximum atomic E-state index is 9.04. The normalized spacial score (nSPS) is 10.4. The topological polar surface area (TPSA) is 83.7 Å². The van der Waals surface area contributed by atoms with E-state index in [2.05, 4.69) is 20.5 Å². The van der Waals surface area contributed by atoms with E-state index in [0.717, 1.165) is 5.56 Å². The largest absolute Gasteiger partial charge is 0.495 e. The van der Waals surface area contributed by atoms with Crippen LogP contribution in [0, 0.1) is 11.3 Å². The van der Waals surface area contributed by atoms with Crippen LogP contribution < -0.4 is 10.1 Å². The van der Waals surface area contributed by atoms with Crippen LogP contribution in [-0.2, 0) is 6.54 Å². The van der Waals surface area contributed by atoms with Crippen LogP contribution in [0.2, 0.25) is 10.2 Å². The summed E-state index contributed by atoms with van der Waals surface area (Å²) in [5.41, 5.74) is 1.85. The van der Waals surface area contributed by atoms with Gasteiger partial charge in [0.1, 0.15) is 17.3 Å². The highest BCUT2D eigenvalue weighted by atomic mass is 35.5. The van der Waals surface area contributed by atoms with Crippen molar-refractivity contribution < 1.29 is 4.74 Å². The molecule has 0 saturated heterocycles. The number of hydrogen-bond acceptors (Lipinski definition) is 6. The number of aromatic nitrogens is 3. The number of nitrogens with one attached hydrogen (secondary N) is 1. The van der Waals surface area contributed by atoms with Crippen molar-refractivity contribution in [2.75, 3.05) is 12.4 Å². The van der Waals surface area contributed by atoms with Crippen LogP contribution in [0.4, 0.5) is 5.82 Å². The van der Waals surface area contributed by atoms with E-state index in [9.17, 15) is 0 Å². The summed E-state index contributed by atoms with van der Waals surface area (Å²) in [7, 11) is 1.56. The summed E-state index contributed by atoms with van der Waals surface area (Å²) in [6.45, 7) is 0.464. The first-order valence-electron chi connectivity index (χ1n) is 6.90. The van der Waals surface area contributed by atoms with E-state index in [-0.39, 0.29) is 5.15 Å². The average Bonchev–Trinajstić information content (AvgIpc) is 2.61. The number of ether oxygens (including phenoxy) is 1. The van der Waals surface area contributed by atoms with Crippen molar-refractivity contribution in [1.82, 2.24) is 15.2 Å². The number of rotatable bonds is 4. The lowest BCUT2D eigenvalue weighted by Gasteiger charge is -2.10. The minimum atomic E-state index is 0.188. The molecule has 0 radical (unpaired) electrons. The van der Waals surface area contributed by atoms with Gasteiger partial charge in [-0.3, -0.25) is 4.98 Å². The molecule has 0 bridgehead atoms. The maximum Gasteiger partial charge on any atom is 0.178 e. The molecule has 0 aliphatic carbocycles. The summed E-state index contributed by atoms with van der Waals surface area (Å²) in [6, 6.07) is 9.21. The number of fused-ring (bicyclic) bond motifs is 1. The van der Waals surface area contributed by atoms with Crippen molar-refractivity contribution >= 4 is 39.9 Å². The van der Waals surface area contributed by atoms with E-state index in [1.807, 2.05) is 12.1 Å². The number of benzene rings is 1. The van der Waals surface area contributed by atoms with Gasteiger partial charge in [-0.1, -0.05) is 29.3 Å². The Labute approximate surface area is 148 Å². The molecule has 0 amide bonds. The van der Waals surface area contributed by atoms with Gasteiger partial charge in [0.25, 0.3) is 0 Å². The molecule has 0 atom stereocenters. The molecule has 6 nitrogen and oxygen atoms in total. The monoisotopic (exact) mass is 359 g/mol. The van der Waals surface area contributed by atoms with Crippen LogP contribution in [0.15, 0.2) is 30.5 Å². The first-order chi connectivity index (χ1) is 11.6. The highest BCUT2D eigenvalue weighted by Gasteiger charge is 2.11. The van der Waals surface area contributed by atoms with Gasteiger partial charge in [-0.25, -0.2) is 0 Å². The summed E-state index contributed by atoms with van der Waals surface area (Å²) in [5, 5.41) is 21.5. The minimum absolute atomic E-state index is 0.188. The van der Waals surface area contributed by atoms with E-state index in [1.165, 1.54) is 6.20 Å².